The Morgan fingerprint density at radius 1 is 1.04 bits per heavy atom. The van der Waals surface area contributed by atoms with Crippen LogP contribution in [0.4, 0.5) is 4.79 Å². The molecule has 2 amide bonds. The molecule has 1 aliphatic carbocycles. The Kier molecular flexibility index (Phi) is 5.40. The van der Waals surface area contributed by atoms with Crippen LogP contribution in [0.15, 0.2) is 78.0 Å². The number of ether oxygens (including phenoxy) is 1. The number of nitrogens with zero attached hydrogens (tertiary/aromatic N) is 2. The Bertz CT molecular complexity index is 906. The Balaban J connectivity index is 1.60. The summed E-state index contributed by atoms with van der Waals surface area (Å²) in [5.41, 5.74) is 4.29. The number of carbonyl (C=O) groups excluding carboxylic acids is 1. The molecule has 1 heterocycles. The third-order valence-electron chi connectivity index (χ3n) is 5.12. The van der Waals surface area contributed by atoms with Crippen LogP contribution in [0.1, 0.15) is 17.5 Å². The van der Waals surface area contributed by atoms with E-state index >= 15 is 0 Å². The summed E-state index contributed by atoms with van der Waals surface area (Å²) in [5, 5.41) is -0.0200. The second-order valence-corrected chi connectivity index (χ2v) is 7.65. The van der Waals surface area contributed by atoms with Crippen molar-refractivity contribution in [3.8, 4) is 5.75 Å². The molecular weight excluding hydrogens is 372 g/mol. The molecule has 4 rings (SSSR count). The molecule has 0 bridgehead atoms. The van der Waals surface area contributed by atoms with Crippen molar-refractivity contribution in [3.63, 3.8) is 0 Å². The second-order valence-electron chi connectivity index (χ2n) is 7.09. The van der Waals surface area contributed by atoms with Gasteiger partial charge in [-0.15, -0.1) is 11.6 Å². The zero-order valence-electron chi connectivity index (χ0n) is 15.8. The number of urea groups is 1. The summed E-state index contributed by atoms with van der Waals surface area (Å²) in [5.74, 6) is 0.810. The van der Waals surface area contributed by atoms with Gasteiger partial charge >= 0.3 is 6.03 Å². The quantitative estimate of drug-likeness (QED) is 0.672. The smallest absolute Gasteiger partial charge is 0.325 e. The first-order chi connectivity index (χ1) is 13.6. The third-order valence-corrected chi connectivity index (χ3v) is 5.42. The molecule has 1 fully saturated rings. The Hall–Kier alpha value is -2.72. The average molecular weight is 395 g/mol. The zero-order chi connectivity index (χ0) is 19.5. The van der Waals surface area contributed by atoms with Crippen molar-refractivity contribution < 1.29 is 9.53 Å². The molecule has 2 aromatic rings. The molecule has 4 nitrogen and oxygen atoms in total. The predicted octanol–water partition coefficient (Wildman–Crippen LogP) is 4.95. The van der Waals surface area contributed by atoms with Crippen molar-refractivity contribution in [2.75, 3.05) is 13.7 Å². The summed E-state index contributed by atoms with van der Waals surface area (Å²) in [4.78, 5) is 17.1. The number of carbonyl (C=O) groups is 1. The molecule has 2 aliphatic rings. The molecule has 0 spiro atoms. The largest absolute Gasteiger partial charge is 0.497 e. The van der Waals surface area contributed by atoms with Crippen LogP contribution in [-0.2, 0) is 13.1 Å². The number of rotatable bonds is 5. The number of amides is 2. The molecule has 144 valence electrons. The van der Waals surface area contributed by atoms with Crippen LogP contribution in [0.5, 0.6) is 5.75 Å². The minimum absolute atomic E-state index is 0.0200. The summed E-state index contributed by atoms with van der Waals surface area (Å²) in [6, 6.07) is 17.9. The molecule has 1 atom stereocenters. The highest BCUT2D eigenvalue weighted by Crippen LogP contribution is 2.32. The molecule has 1 unspecified atom stereocenters. The maximum atomic E-state index is 13.3. The number of benzene rings is 2. The van der Waals surface area contributed by atoms with E-state index in [9.17, 15) is 4.79 Å². The van der Waals surface area contributed by atoms with Gasteiger partial charge in [0, 0.05) is 18.8 Å². The van der Waals surface area contributed by atoms with Gasteiger partial charge in [0.2, 0.25) is 0 Å². The van der Waals surface area contributed by atoms with Gasteiger partial charge in [0.15, 0.2) is 0 Å². The first-order valence-electron chi connectivity index (χ1n) is 9.42. The van der Waals surface area contributed by atoms with Gasteiger partial charge in [-0.05, 0) is 35.3 Å². The van der Waals surface area contributed by atoms with Gasteiger partial charge in [-0.3, -0.25) is 4.90 Å². The highest BCUT2D eigenvalue weighted by Gasteiger charge is 2.34. The van der Waals surface area contributed by atoms with E-state index in [0.717, 1.165) is 34.6 Å². The van der Waals surface area contributed by atoms with Gasteiger partial charge in [0.1, 0.15) is 5.75 Å². The highest BCUT2D eigenvalue weighted by atomic mass is 35.5. The molecule has 5 heteroatoms. The van der Waals surface area contributed by atoms with E-state index in [1.54, 1.807) is 7.11 Å². The molecule has 0 aromatic heterocycles. The molecule has 28 heavy (non-hydrogen) atoms. The lowest BCUT2D eigenvalue weighted by molar-refractivity contribution is 0.154. The Labute approximate surface area is 170 Å². The Morgan fingerprint density at radius 2 is 1.75 bits per heavy atom. The van der Waals surface area contributed by atoms with Crippen molar-refractivity contribution in [3.05, 3.63) is 89.1 Å². The van der Waals surface area contributed by atoms with E-state index in [1.165, 1.54) is 0 Å². The first-order valence-corrected chi connectivity index (χ1v) is 9.86. The maximum Gasteiger partial charge on any atom is 0.325 e. The zero-order valence-corrected chi connectivity index (χ0v) is 16.6. The molecule has 2 aromatic carbocycles. The molecule has 0 N–H and O–H groups in total. The standard InChI is InChI=1S/C23H23ClN2O2/c1-28-21-10-7-18(8-11-21)14-25-16-19-13-20(24)9-12-22(19)26(23(25)27)15-17-5-3-2-4-6-17/h2-8,10-13,20H,9,14-16H2,1H3. The lowest BCUT2D eigenvalue weighted by Gasteiger charge is -2.40. The number of hydrogen-bond acceptors (Lipinski definition) is 2. The number of allylic oxidation sites excluding steroid dienone is 2. The van der Waals surface area contributed by atoms with Gasteiger partial charge in [-0.2, -0.15) is 0 Å². The lowest BCUT2D eigenvalue weighted by atomic mass is 9.98. The summed E-state index contributed by atoms with van der Waals surface area (Å²) >= 11 is 6.37. The average Bonchev–Trinajstić information content (AvgIpc) is 2.72. The Morgan fingerprint density at radius 3 is 2.46 bits per heavy atom. The van der Waals surface area contributed by atoms with E-state index in [0.29, 0.717) is 19.6 Å². The molecule has 0 saturated carbocycles. The van der Waals surface area contributed by atoms with Gasteiger partial charge in [0.25, 0.3) is 0 Å². The SMILES string of the molecule is COc1ccc(CN2CC3=CC(Cl)CC=C3N(Cc3ccccc3)C2=O)cc1. The van der Waals surface area contributed by atoms with Gasteiger partial charge in [-0.1, -0.05) is 54.6 Å². The maximum absolute atomic E-state index is 13.3. The first kappa shape index (κ1) is 18.6. The fraction of sp³-hybridized carbons (Fsp3) is 0.261. The van der Waals surface area contributed by atoms with Crippen molar-refractivity contribution in [2.24, 2.45) is 0 Å². The molecule has 0 radical (unpaired) electrons. The van der Waals surface area contributed by atoms with Crippen LogP contribution >= 0.6 is 11.6 Å². The van der Waals surface area contributed by atoms with Gasteiger partial charge in [-0.25, -0.2) is 4.79 Å². The number of alkyl halides is 1. The third kappa shape index (κ3) is 3.92. The summed E-state index contributed by atoms with van der Waals surface area (Å²) in [6.07, 6.45) is 4.93. The normalized spacial score (nSPS) is 19.1. The van der Waals surface area contributed by atoms with E-state index < -0.39 is 0 Å². The summed E-state index contributed by atoms with van der Waals surface area (Å²) < 4.78 is 5.23. The van der Waals surface area contributed by atoms with Crippen LogP contribution in [0, 0.1) is 0 Å². The van der Waals surface area contributed by atoms with E-state index in [-0.39, 0.29) is 11.4 Å². The molecule has 1 saturated heterocycles. The summed E-state index contributed by atoms with van der Waals surface area (Å²) in [7, 11) is 1.65. The van der Waals surface area contributed by atoms with E-state index in [4.69, 9.17) is 16.3 Å². The molecule has 1 aliphatic heterocycles. The van der Waals surface area contributed by atoms with Crippen LogP contribution in [-0.4, -0.2) is 34.9 Å². The monoisotopic (exact) mass is 394 g/mol. The fourth-order valence-corrected chi connectivity index (χ4v) is 3.93. The number of halogens is 1. The van der Waals surface area contributed by atoms with Crippen LogP contribution in [0.2, 0.25) is 0 Å². The summed E-state index contributed by atoms with van der Waals surface area (Å²) in [6.45, 7) is 1.67. The lowest BCUT2D eigenvalue weighted by Crippen LogP contribution is -2.49. The number of methoxy groups -OCH3 is 1. The van der Waals surface area contributed by atoms with E-state index in [1.807, 2.05) is 64.4 Å². The highest BCUT2D eigenvalue weighted by molar-refractivity contribution is 6.22. The predicted molar refractivity (Wildman–Crippen MR) is 111 cm³/mol. The fourth-order valence-electron chi connectivity index (χ4n) is 3.68. The van der Waals surface area contributed by atoms with Crippen LogP contribution < -0.4 is 4.74 Å². The minimum atomic E-state index is -0.0200. The topological polar surface area (TPSA) is 32.8 Å². The van der Waals surface area contributed by atoms with Gasteiger partial charge < -0.3 is 9.64 Å². The van der Waals surface area contributed by atoms with E-state index in [2.05, 4.69) is 12.2 Å². The van der Waals surface area contributed by atoms with Crippen molar-refractivity contribution in [1.29, 1.82) is 0 Å². The number of fused-ring (bicyclic) bond motifs is 1. The minimum Gasteiger partial charge on any atom is -0.497 e. The van der Waals surface area contributed by atoms with Crippen LogP contribution in [0.3, 0.4) is 0 Å². The molecular formula is C23H23ClN2O2. The number of hydrogen-bond donors (Lipinski definition) is 0. The van der Waals surface area contributed by atoms with Crippen LogP contribution in [0.25, 0.3) is 0 Å². The second kappa shape index (κ2) is 8.11. The van der Waals surface area contributed by atoms with Crippen molar-refractivity contribution in [2.45, 2.75) is 24.9 Å². The van der Waals surface area contributed by atoms with Crippen molar-refractivity contribution in [1.82, 2.24) is 9.80 Å². The van der Waals surface area contributed by atoms with Crippen molar-refractivity contribution >= 4 is 17.6 Å². The van der Waals surface area contributed by atoms with Gasteiger partial charge in [0.05, 0.1) is 19.0 Å².